The first-order valence-electron chi connectivity index (χ1n) is 37.0. The van der Waals surface area contributed by atoms with Gasteiger partial charge in [0.25, 0.3) is 0 Å². The maximum Gasteiger partial charge on any atom is 0.104 e. The molecule has 7 aromatic carbocycles. The van der Waals surface area contributed by atoms with Crippen LogP contribution in [0, 0.1) is 0 Å². The van der Waals surface area contributed by atoms with Gasteiger partial charge in [0.2, 0.25) is 0 Å². The molecular weight excluding hydrogens is 1420 g/mol. The summed E-state index contributed by atoms with van der Waals surface area (Å²) in [6, 6.07) is 58.1. The summed E-state index contributed by atoms with van der Waals surface area (Å²) in [5, 5.41) is 17.9. The van der Waals surface area contributed by atoms with Crippen LogP contribution in [0.2, 0.25) is 157 Å². The number of hydrogen-bond acceptors (Lipinski definition) is 0. The maximum atomic E-state index is 4.29. The predicted molar refractivity (Wildman–Crippen MR) is 506 cm³/mol. The van der Waals surface area contributed by atoms with E-state index in [1.807, 2.05) is 0 Å². The van der Waals surface area contributed by atoms with Crippen LogP contribution >= 0.6 is 0 Å². The average molecular weight is 1550 g/mol. The molecule has 0 atom stereocenters. The summed E-state index contributed by atoms with van der Waals surface area (Å²) in [6.45, 7) is 84.9. The van der Waals surface area contributed by atoms with Crippen LogP contribution in [0.4, 0.5) is 0 Å². The molecule has 0 aliphatic carbocycles. The topological polar surface area (TPSA) is 0 Å². The molecule has 0 aliphatic rings. The van der Waals surface area contributed by atoms with Crippen LogP contribution in [0.3, 0.4) is 0 Å². The first-order valence-corrected chi connectivity index (χ1v) is 74.0. The van der Waals surface area contributed by atoms with Crippen molar-refractivity contribution in [1.82, 2.24) is 0 Å². The zero-order valence-corrected chi connectivity index (χ0v) is 79.5. The Balaban J connectivity index is 1.19. The Hall–Kier alpha value is -5.98. The highest BCUT2D eigenvalue weighted by atomic mass is 28.3. The van der Waals surface area contributed by atoms with E-state index in [2.05, 4.69) is 447 Å². The SMILES string of the molecule is C=C[Si](C)(C)c1cc([Si](C)(C)C=C)cc([Si](C)(C)/C=C/c2ccc(/C=C/[Si](C)(C)c3cc([Si](C)(C)/C=C/c4ccc(/C=C/[Si](C)(C)c5cc([Si](C)(C)C=C)cc([Si](C)(C)C=C)c5)cc4)cc([Si](C)(C)/C=C/c4ccc(/C=C/[Si](C)(C)c5cc([Si](C)(C)C=C)cc([Si](C)(C)C=C)c5)cc4)c3)cc2)c1. The van der Waals surface area contributed by atoms with E-state index in [4.69, 9.17) is 0 Å². The third-order valence-corrected chi connectivity index (χ3v) is 56.1. The van der Waals surface area contributed by atoms with Gasteiger partial charge in [0.05, 0.1) is 0 Å². The average Bonchev–Trinajstić information content (AvgIpc) is 0.795. The lowest BCUT2D eigenvalue weighted by Crippen LogP contribution is -2.53. The van der Waals surface area contributed by atoms with Crippen LogP contribution in [0.5, 0.6) is 0 Å². The lowest BCUT2D eigenvalue weighted by molar-refractivity contribution is 1.62. The Morgan fingerprint density at radius 1 is 0.157 bits per heavy atom. The molecule has 0 fully saturated rings. The van der Waals surface area contributed by atoms with Gasteiger partial charge in [-0.25, -0.2) is 0 Å². The maximum absolute atomic E-state index is 4.29. The van der Waals surface area contributed by atoms with Gasteiger partial charge in [-0.05, 0) is 33.4 Å². The second-order valence-electron chi connectivity index (χ2n) is 36.1. The fraction of sp³-hybridized carbons (Fsp3) is 0.267. The molecule has 0 saturated carbocycles. The Morgan fingerprint density at radius 3 is 0.333 bits per heavy atom. The smallest absolute Gasteiger partial charge is 0.104 e. The molecule has 0 unspecified atom stereocenters. The van der Waals surface area contributed by atoms with Crippen molar-refractivity contribution >= 4 is 196 Å². The van der Waals surface area contributed by atoms with Crippen molar-refractivity contribution in [3.8, 4) is 0 Å². The largest absolute Gasteiger partial charge is 0.107 e. The van der Waals surface area contributed by atoms with Crippen LogP contribution in [-0.4, -0.2) is 96.9 Å². The van der Waals surface area contributed by atoms with E-state index in [1.54, 1.807) is 0 Å². The molecule has 0 saturated heterocycles. The van der Waals surface area contributed by atoms with Gasteiger partial charge in [0.15, 0.2) is 0 Å². The molecule has 0 N–H and O–H groups in total. The van der Waals surface area contributed by atoms with Crippen molar-refractivity contribution in [3.05, 3.63) is 287 Å². The fourth-order valence-corrected chi connectivity index (χ4v) is 32.9. The summed E-state index contributed by atoms with van der Waals surface area (Å²) in [4.78, 5) is 0. The monoisotopic (exact) mass is 1540 g/mol. The van der Waals surface area contributed by atoms with Gasteiger partial charge in [0.1, 0.15) is 96.9 Å². The van der Waals surface area contributed by atoms with Crippen molar-refractivity contribution in [2.75, 3.05) is 0 Å². The number of rotatable bonds is 30. The molecule has 7 aromatic rings. The third-order valence-electron chi connectivity index (χ3n) is 22.7. The molecular formula is C90H126Si12. The Labute approximate surface area is 634 Å². The van der Waals surface area contributed by atoms with Crippen LogP contribution in [0.15, 0.2) is 253 Å². The Morgan fingerprint density at radius 2 is 0.245 bits per heavy atom. The predicted octanol–water partition coefficient (Wildman–Crippen LogP) is 18.5. The summed E-state index contributed by atoms with van der Waals surface area (Å²) in [6.07, 6.45) is 14.3. The highest BCUT2D eigenvalue weighted by Gasteiger charge is 2.35. The standard InChI is InChI=1S/C90H126Si12/c1-31-91(7,8)79-61-80(92(9,10)32-2)65-85(64-79)97(19,20)55-49-73-37-43-76(44-38-73)52-58-100(25,26)88-70-89(101(27,28)59-53-77-45-39-74(40-46-77)50-56-98(21,22)86-66-81(93(11,12)33-3)62-82(67-86)94(13,14)34-4)72-90(71-88)102(29,30)60-54-78-47-41-75(42-48-78)51-57-99(23,24)87-68-83(95(15,16)35-5)63-84(69-87)96(17,18)36-6/h31-72H,1-6H2,7-30H3/b55-49+,56-50+,57-51+,58-52+,59-53+,60-54+. The minimum absolute atomic E-state index is 1.24. The molecule has 102 heavy (non-hydrogen) atoms. The van der Waals surface area contributed by atoms with Crippen molar-refractivity contribution in [1.29, 1.82) is 0 Å². The van der Waals surface area contributed by atoms with E-state index in [0.29, 0.717) is 0 Å². The number of benzene rings is 7. The Kier molecular flexibility index (Phi) is 26.1. The van der Waals surface area contributed by atoms with E-state index in [1.165, 1.54) is 95.6 Å². The van der Waals surface area contributed by atoms with Crippen molar-refractivity contribution in [2.24, 2.45) is 0 Å². The van der Waals surface area contributed by atoms with Gasteiger partial charge in [-0.3, -0.25) is 0 Å². The lowest BCUT2D eigenvalue weighted by atomic mass is 10.1. The van der Waals surface area contributed by atoms with E-state index >= 15 is 0 Å². The van der Waals surface area contributed by atoms with Crippen LogP contribution in [0.25, 0.3) is 36.5 Å². The van der Waals surface area contributed by atoms with Crippen LogP contribution in [0.1, 0.15) is 33.4 Å². The summed E-state index contributed by atoms with van der Waals surface area (Å²) >= 11 is 0. The molecule has 7 rings (SSSR count). The van der Waals surface area contributed by atoms with Crippen molar-refractivity contribution in [2.45, 2.75) is 157 Å². The summed E-state index contributed by atoms with van der Waals surface area (Å²) in [5.74, 6) is 0. The molecule has 0 amide bonds. The second-order valence-corrected chi connectivity index (χ2v) is 88.8. The van der Waals surface area contributed by atoms with Crippen LogP contribution in [-0.2, 0) is 0 Å². The van der Waals surface area contributed by atoms with Crippen molar-refractivity contribution in [3.63, 3.8) is 0 Å². The van der Waals surface area contributed by atoms with Gasteiger partial charge in [0, 0.05) is 0 Å². The van der Waals surface area contributed by atoms with E-state index < -0.39 is 96.9 Å². The first-order chi connectivity index (χ1) is 47.1. The van der Waals surface area contributed by atoms with Crippen LogP contribution < -0.4 is 62.2 Å². The molecule has 0 heterocycles. The van der Waals surface area contributed by atoms with E-state index in [0.717, 1.165) is 0 Å². The molecule has 0 nitrogen and oxygen atoms in total. The summed E-state index contributed by atoms with van der Waals surface area (Å²) in [7, 11) is -23.1. The third kappa shape index (κ3) is 20.7. The first kappa shape index (κ1) is 83.3. The van der Waals surface area contributed by atoms with Gasteiger partial charge >= 0.3 is 0 Å². The normalized spacial score (nSPS) is 13.9. The van der Waals surface area contributed by atoms with E-state index in [9.17, 15) is 0 Å². The summed E-state index contributed by atoms with van der Waals surface area (Å²) < 4.78 is 0. The van der Waals surface area contributed by atoms with Crippen molar-refractivity contribution < 1.29 is 0 Å². The highest BCUT2D eigenvalue weighted by Crippen LogP contribution is 2.22. The molecule has 534 valence electrons. The highest BCUT2D eigenvalue weighted by molar-refractivity contribution is 7.03. The van der Waals surface area contributed by atoms with Gasteiger partial charge < -0.3 is 0 Å². The van der Waals surface area contributed by atoms with Gasteiger partial charge in [-0.1, -0.05) is 470 Å². The zero-order chi connectivity index (χ0) is 76.1. The van der Waals surface area contributed by atoms with Gasteiger partial charge in [-0.2, -0.15) is 0 Å². The molecule has 0 radical (unpaired) electrons. The second kappa shape index (κ2) is 32.0. The number of hydrogen-bond donors (Lipinski definition) is 0. The zero-order valence-electron chi connectivity index (χ0n) is 67.5. The lowest BCUT2D eigenvalue weighted by Gasteiger charge is -2.29. The Bertz CT molecular complexity index is 3860. The molecule has 0 bridgehead atoms. The minimum Gasteiger partial charge on any atom is -0.107 e. The molecule has 12 heteroatoms. The molecule has 0 spiro atoms. The summed E-state index contributed by atoms with van der Waals surface area (Å²) in [5.41, 5.74) is 36.2. The molecule has 0 aliphatic heterocycles. The minimum atomic E-state index is -2.16. The van der Waals surface area contributed by atoms with E-state index in [-0.39, 0.29) is 0 Å². The van der Waals surface area contributed by atoms with Gasteiger partial charge in [-0.15, -0.1) is 39.5 Å². The quantitative estimate of drug-likeness (QED) is 0.0394. The fourth-order valence-electron chi connectivity index (χ4n) is 12.2. The molecule has 0 aromatic heterocycles.